The summed E-state index contributed by atoms with van der Waals surface area (Å²) in [6.45, 7) is 1.46. The van der Waals surface area contributed by atoms with Crippen LogP contribution in [0.15, 0.2) is 58.3 Å². The monoisotopic (exact) mass is 414 g/mol. The molecule has 0 spiro atoms. The first kappa shape index (κ1) is 21.2. The largest absolute Gasteiger partial charge is 0.497 e. The zero-order valence-electron chi connectivity index (χ0n) is 15.2. The highest BCUT2D eigenvalue weighted by Crippen LogP contribution is 2.16. The third-order valence-corrected chi connectivity index (χ3v) is 6.72. The number of hydrogen-bond acceptors (Lipinski definition) is 6. The maximum Gasteiger partial charge on any atom is 0.240 e. The number of ether oxygens (including phenoxy) is 2. The van der Waals surface area contributed by atoms with E-state index in [1.54, 1.807) is 6.92 Å². The molecule has 0 bridgehead atoms. The van der Waals surface area contributed by atoms with Gasteiger partial charge in [0.1, 0.15) is 11.5 Å². The van der Waals surface area contributed by atoms with Gasteiger partial charge in [-0.2, -0.15) is 0 Å². The van der Waals surface area contributed by atoms with Crippen LogP contribution in [0.4, 0.5) is 0 Å². The molecule has 1 atom stereocenters. The van der Waals surface area contributed by atoms with Gasteiger partial charge in [-0.15, -0.1) is 0 Å². The minimum Gasteiger partial charge on any atom is -0.497 e. The normalized spacial score (nSPS) is 13.1. The first-order chi connectivity index (χ1) is 12.7. The maximum atomic E-state index is 12.4. The molecule has 27 heavy (non-hydrogen) atoms. The van der Waals surface area contributed by atoms with E-state index in [0.29, 0.717) is 11.5 Å². The summed E-state index contributed by atoms with van der Waals surface area (Å²) in [4.78, 5) is 0.127. The van der Waals surface area contributed by atoms with Crippen molar-refractivity contribution in [3.63, 3.8) is 0 Å². The van der Waals surface area contributed by atoms with Crippen molar-refractivity contribution in [1.29, 1.82) is 0 Å². The first-order valence-corrected chi connectivity index (χ1v) is 10.9. The van der Waals surface area contributed by atoms with Crippen LogP contribution in [-0.4, -0.2) is 43.6 Å². The lowest BCUT2D eigenvalue weighted by molar-refractivity contribution is 0.414. The predicted molar refractivity (Wildman–Crippen MR) is 101 cm³/mol. The Balaban J connectivity index is 2.00. The third kappa shape index (κ3) is 5.67. The fourth-order valence-electron chi connectivity index (χ4n) is 2.20. The van der Waals surface area contributed by atoms with E-state index in [1.165, 1.54) is 62.8 Å². The SMILES string of the molecule is COc1ccc(S(=O)(=O)NC[C@@H](C)NS(=O)(=O)c2ccc(OC)cc2)cc1. The number of methoxy groups -OCH3 is 2. The maximum absolute atomic E-state index is 12.4. The number of sulfonamides is 2. The molecule has 0 aliphatic rings. The molecule has 0 aromatic heterocycles. The summed E-state index contributed by atoms with van der Waals surface area (Å²) in [7, 11) is -4.58. The molecule has 10 heteroatoms. The summed E-state index contributed by atoms with van der Waals surface area (Å²) < 4.78 is 64.1. The minimum absolute atomic E-state index is 0.0631. The second-order valence-corrected chi connectivity index (χ2v) is 9.21. The Bertz CT molecular complexity index is 955. The van der Waals surface area contributed by atoms with Gasteiger partial charge in [0.05, 0.1) is 24.0 Å². The molecule has 0 radical (unpaired) electrons. The van der Waals surface area contributed by atoms with Crippen molar-refractivity contribution in [3.05, 3.63) is 48.5 Å². The van der Waals surface area contributed by atoms with Crippen LogP contribution >= 0.6 is 0 Å². The van der Waals surface area contributed by atoms with Gasteiger partial charge in [0.15, 0.2) is 0 Å². The number of benzene rings is 2. The van der Waals surface area contributed by atoms with Gasteiger partial charge in [-0.05, 0) is 55.5 Å². The molecule has 8 nitrogen and oxygen atoms in total. The Hall–Kier alpha value is -2.14. The molecule has 0 aliphatic carbocycles. The van der Waals surface area contributed by atoms with Crippen LogP contribution < -0.4 is 18.9 Å². The Morgan fingerprint density at radius 1 is 0.778 bits per heavy atom. The fourth-order valence-corrected chi connectivity index (χ4v) is 4.58. The Morgan fingerprint density at radius 3 is 1.59 bits per heavy atom. The highest BCUT2D eigenvalue weighted by molar-refractivity contribution is 7.90. The predicted octanol–water partition coefficient (Wildman–Crippen LogP) is 1.35. The highest BCUT2D eigenvalue weighted by Gasteiger charge is 2.20. The Labute approximate surface area is 159 Å². The summed E-state index contributed by atoms with van der Waals surface area (Å²) in [5.41, 5.74) is 0. The van der Waals surface area contributed by atoms with Gasteiger partial charge in [0.25, 0.3) is 0 Å². The molecule has 0 amide bonds. The summed E-state index contributed by atoms with van der Waals surface area (Å²) in [6, 6.07) is 11.1. The third-order valence-electron chi connectivity index (χ3n) is 3.68. The van der Waals surface area contributed by atoms with Crippen LogP contribution in [0.2, 0.25) is 0 Å². The van der Waals surface area contributed by atoms with E-state index in [4.69, 9.17) is 9.47 Å². The lowest BCUT2D eigenvalue weighted by Gasteiger charge is -2.15. The molecule has 0 saturated carbocycles. The molecule has 0 saturated heterocycles. The van der Waals surface area contributed by atoms with Crippen LogP contribution in [0.1, 0.15) is 6.92 Å². The zero-order valence-corrected chi connectivity index (χ0v) is 16.8. The van der Waals surface area contributed by atoms with Crippen LogP contribution in [0.5, 0.6) is 11.5 Å². The van der Waals surface area contributed by atoms with Crippen molar-refractivity contribution in [2.24, 2.45) is 0 Å². The molecule has 2 aromatic carbocycles. The van der Waals surface area contributed by atoms with Gasteiger partial charge in [0, 0.05) is 12.6 Å². The van der Waals surface area contributed by atoms with Gasteiger partial charge in [-0.3, -0.25) is 0 Å². The molecule has 2 N–H and O–H groups in total. The van der Waals surface area contributed by atoms with Crippen LogP contribution in [0.25, 0.3) is 0 Å². The van der Waals surface area contributed by atoms with E-state index in [1.807, 2.05) is 0 Å². The molecule has 0 fully saturated rings. The Morgan fingerprint density at radius 2 is 1.19 bits per heavy atom. The van der Waals surface area contributed by atoms with Crippen molar-refractivity contribution in [1.82, 2.24) is 9.44 Å². The van der Waals surface area contributed by atoms with Gasteiger partial charge in [-0.1, -0.05) is 0 Å². The molecule has 0 heterocycles. The quantitative estimate of drug-likeness (QED) is 0.641. The van der Waals surface area contributed by atoms with Crippen molar-refractivity contribution in [3.8, 4) is 11.5 Å². The van der Waals surface area contributed by atoms with Crippen LogP contribution in [-0.2, 0) is 20.0 Å². The van der Waals surface area contributed by atoms with E-state index in [0.717, 1.165) is 0 Å². The van der Waals surface area contributed by atoms with Gasteiger partial charge >= 0.3 is 0 Å². The lowest BCUT2D eigenvalue weighted by Crippen LogP contribution is -2.41. The van der Waals surface area contributed by atoms with E-state index >= 15 is 0 Å². The van der Waals surface area contributed by atoms with Crippen molar-refractivity contribution in [2.45, 2.75) is 22.8 Å². The standard InChI is InChI=1S/C17H22N2O6S2/c1-13(19-27(22,23)17-10-6-15(25-3)7-11-17)12-18-26(20,21)16-8-4-14(24-2)5-9-16/h4-11,13,18-19H,12H2,1-3H3/t13-/m1/s1. The van der Waals surface area contributed by atoms with Gasteiger partial charge in [-0.25, -0.2) is 26.3 Å². The second-order valence-electron chi connectivity index (χ2n) is 5.73. The van der Waals surface area contributed by atoms with Gasteiger partial charge < -0.3 is 9.47 Å². The molecule has 0 aliphatic heterocycles. The van der Waals surface area contributed by atoms with Crippen molar-refractivity contribution >= 4 is 20.0 Å². The number of rotatable bonds is 9. The summed E-state index contributed by atoms with van der Waals surface area (Å²) in [6.07, 6.45) is 0. The zero-order chi connectivity index (χ0) is 20.1. The van der Waals surface area contributed by atoms with Crippen molar-refractivity contribution in [2.75, 3.05) is 20.8 Å². The molecule has 148 valence electrons. The van der Waals surface area contributed by atoms with Crippen LogP contribution in [0, 0.1) is 0 Å². The smallest absolute Gasteiger partial charge is 0.240 e. The van der Waals surface area contributed by atoms with Crippen LogP contribution in [0.3, 0.4) is 0 Å². The average Bonchev–Trinajstić information content (AvgIpc) is 2.66. The summed E-state index contributed by atoms with van der Waals surface area (Å²) in [5.74, 6) is 1.07. The summed E-state index contributed by atoms with van der Waals surface area (Å²) >= 11 is 0. The number of hydrogen-bond donors (Lipinski definition) is 2. The molecular weight excluding hydrogens is 392 g/mol. The van der Waals surface area contributed by atoms with E-state index in [-0.39, 0.29) is 16.3 Å². The minimum atomic E-state index is -3.78. The second kappa shape index (κ2) is 8.70. The topological polar surface area (TPSA) is 111 Å². The average molecular weight is 415 g/mol. The van der Waals surface area contributed by atoms with E-state index in [9.17, 15) is 16.8 Å². The van der Waals surface area contributed by atoms with Gasteiger partial charge in [0.2, 0.25) is 20.0 Å². The highest BCUT2D eigenvalue weighted by atomic mass is 32.2. The van der Waals surface area contributed by atoms with E-state index in [2.05, 4.69) is 9.44 Å². The molecule has 2 aromatic rings. The molecule has 0 unspecified atom stereocenters. The molecular formula is C17H22N2O6S2. The molecule has 2 rings (SSSR count). The number of nitrogens with one attached hydrogen (secondary N) is 2. The Kier molecular flexibility index (Phi) is 6.82. The summed E-state index contributed by atoms with van der Waals surface area (Å²) in [5, 5.41) is 0. The lowest BCUT2D eigenvalue weighted by atomic mass is 10.3. The fraction of sp³-hybridized carbons (Fsp3) is 0.294. The van der Waals surface area contributed by atoms with E-state index < -0.39 is 26.1 Å². The van der Waals surface area contributed by atoms with Crippen molar-refractivity contribution < 1.29 is 26.3 Å². The first-order valence-electron chi connectivity index (χ1n) is 7.98.